The number of methoxy groups -OCH3 is 3. The highest BCUT2D eigenvalue weighted by Crippen LogP contribution is 2.34. The lowest BCUT2D eigenvalue weighted by molar-refractivity contribution is 0.347. The molecule has 0 aliphatic heterocycles. The summed E-state index contributed by atoms with van der Waals surface area (Å²) in [5, 5.41) is 6.42. The van der Waals surface area contributed by atoms with Crippen LogP contribution in [0.15, 0.2) is 41.4 Å². The van der Waals surface area contributed by atoms with Crippen molar-refractivity contribution in [3.8, 4) is 17.2 Å². The van der Waals surface area contributed by atoms with Crippen LogP contribution in [0.25, 0.3) is 0 Å². The van der Waals surface area contributed by atoms with Gasteiger partial charge < -0.3 is 24.8 Å². The van der Waals surface area contributed by atoms with Gasteiger partial charge in [-0.15, -0.1) is 0 Å². The number of guanidine groups is 1. The van der Waals surface area contributed by atoms with Crippen LogP contribution in [0.5, 0.6) is 17.2 Å². The van der Waals surface area contributed by atoms with E-state index in [0.29, 0.717) is 54.8 Å². The van der Waals surface area contributed by atoms with Gasteiger partial charge in [-0.3, -0.25) is 0 Å². The molecule has 0 radical (unpaired) electrons. The van der Waals surface area contributed by atoms with Crippen LogP contribution in [0.1, 0.15) is 18.1 Å². The molecule has 0 aromatic heterocycles. The van der Waals surface area contributed by atoms with Gasteiger partial charge in [-0.1, -0.05) is 18.2 Å². The third kappa shape index (κ3) is 5.77. The standard InChI is InChI=1S/C21H28FN3O3/c1-5-23-21(24-11-10-15-8-6-7-9-17(15)22)25-14-16-12-19(27-3)20(28-4)13-18(16)26-2/h6-9,12-13H,5,10-11,14H2,1-4H3,(H2,23,24,25). The van der Waals surface area contributed by atoms with Crippen LogP contribution in [-0.4, -0.2) is 40.4 Å². The van der Waals surface area contributed by atoms with Gasteiger partial charge in [0.1, 0.15) is 11.6 Å². The van der Waals surface area contributed by atoms with Crippen LogP contribution in [0.4, 0.5) is 4.39 Å². The molecule has 2 aromatic rings. The van der Waals surface area contributed by atoms with Crippen molar-refractivity contribution in [2.75, 3.05) is 34.4 Å². The van der Waals surface area contributed by atoms with Gasteiger partial charge in [-0.25, -0.2) is 9.38 Å². The van der Waals surface area contributed by atoms with Gasteiger partial charge in [0, 0.05) is 24.7 Å². The molecule has 0 unspecified atom stereocenters. The van der Waals surface area contributed by atoms with E-state index in [-0.39, 0.29) is 5.82 Å². The first-order valence-corrected chi connectivity index (χ1v) is 9.17. The van der Waals surface area contributed by atoms with Crippen molar-refractivity contribution in [1.82, 2.24) is 10.6 Å². The number of halogens is 1. The summed E-state index contributed by atoms with van der Waals surface area (Å²) < 4.78 is 29.8. The molecule has 6 nitrogen and oxygen atoms in total. The Labute approximate surface area is 165 Å². The Kier molecular flexibility index (Phi) is 8.39. The lowest BCUT2D eigenvalue weighted by Gasteiger charge is -2.14. The molecule has 7 heteroatoms. The molecule has 0 aliphatic rings. The second-order valence-corrected chi connectivity index (χ2v) is 5.98. The average molecular weight is 389 g/mol. The smallest absolute Gasteiger partial charge is 0.191 e. The molecule has 0 aliphatic carbocycles. The third-order valence-corrected chi connectivity index (χ3v) is 4.18. The summed E-state index contributed by atoms with van der Waals surface area (Å²) in [4.78, 5) is 4.60. The van der Waals surface area contributed by atoms with Crippen molar-refractivity contribution >= 4 is 5.96 Å². The first-order chi connectivity index (χ1) is 13.6. The number of aliphatic imine (C=N–C) groups is 1. The van der Waals surface area contributed by atoms with Gasteiger partial charge in [-0.05, 0) is 31.0 Å². The van der Waals surface area contributed by atoms with Crippen LogP contribution >= 0.6 is 0 Å². The maximum Gasteiger partial charge on any atom is 0.191 e. The highest BCUT2D eigenvalue weighted by atomic mass is 19.1. The van der Waals surface area contributed by atoms with E-state index in [9.17, 15) is 4.39 Å². The Morgan fingerprint density at radius 3 is 2.25 bits per heavy atom. The summed E-state index contributed by atoms with van der Waals surface area (Å²) in [6.45, 7) is 3.66. The average Bonchev–Trinajstić information content (AvgIpc) is 2.72. The van der Waals surface area contributed by atoms with Crippen LogP contribution in [0, 0.1) is 5.82 Å². The predicted octanol–water partition coefficient (Wildman–Crippen LogP) is 3.15. The number of rotatable bonds is 9. The summed E-state index contributed by atoms with van der Waals surface area (Å²) in [6.07, 6.45) is 0.566. The van der Waals surface area contributed by atoms with Crippen molar-refractivity contribution in [1.29, 1.82) is 0 Å². The van der Waals surface area contributed by atoms with Gasteiger partial charge in [-0.2, -0.15) is 0 Å². The Bertz CT molecular complexity index is 796. The molecule has 0 amide bonds. The Balaban J connectivity index is 2.08. The van der Waals surface area contributed by atoms with Crippen LogP contribution in [0.2, 0.25) is 0 Å². The molecule has 28 heavy (non-hydrogen) atoms. The van der Waals surface area contributed by atoms with E-state index < -0.39 is 0 Å². The van der Waals surface area contributed by atoms with Crippen molar-refractivity contribution in [3.05, 3.63) is 53.3 Å². The molecular weight excluding hydrogens is 361 g/mol. The van der Waals surface area contributed by atoms with Crippen LogP contribution < -0.4 is 24.8 Å². The quantitative estimate of drug-likeness (QED) is 0.510. The Morgan fingerprint density at radius 1 is 0.929 bits per heavy atom. The zero-order valence-electron chi connectivity index (χ0n) is 16.8. The fourth-order valence-electron chi connectivity index (χ4n) is 2.74. The van der Waals surface area contributed by atoms with Crippen LogP contribution in [0.3, 0.4) is 0 Å². The molecule has 0 bridgehead atoms. The van der Waals surface area contributed by atoms with Gasteiger partial charge in [0.15, 0.2) is 17.5 Å². The van der Waals surface area contributed by atoms with Crippen molar-refractivity contribution < 1.29 is 18.6 Å². The van der Waals surface area contributed by atoms with E-state index in [2.05, 4.69) is 15.6 Å². The molecule has 0 spiro atoms. The lowest BCUT2D eigenvalue weighted by atomic mass is 10.1. The first-order valence-electron chi connectivity index (χ1n) is 9.17. The number of ether oxygens (including phenoxy) is 3. The first kappa shape index (κ1) is 21.3. The summed E-state index contributed by atoms with van der Waals surface area (Å²) >= 11 is 0. The second-order valence-electron chi connectivity index (χ2n) is 5.98. The maximum absolute atomic E-state index is 13.7. The fraction of sp³-hybridized carbons (Fsp3) is 0.381. The lowest BCUT2D eigenvalue weighted by Crippen LogP contribution is -2.38. The number of benzene rings is 2. The van der Waals surface area contributed by atoms with Gasteiger partial charge in [0.25, 0.3) is 0 Å². The van der Waals surface area contributed by atoms with Gasteiger partial charge >= 0.3 is 0 Å². The van der Waals surface area contributed by atoms with E-state index in [4.69, 9.17) is 14.2 Å². The zero-order chi connectivity index (χ0) is 20.4. The topological polar surface area (TPSA) is 64.1 Å². The highest BCUT2D eigenvalue weighted by Gasteiger charge is 2.12. The van der Waals surface area contributed by atoms with E-state index in [0.717, 1.165) is 5.56 Å². The summed E-state index contributed by atoms with van der Waals surface area (Å²) in [5.74, 6) is 2.34. The zero-order valence-corrected chi connectivity index (χ0v) is 16.8. The van der Waals surface area contributed by atoms with E-state index >= 15 is 0 Å². The van der Waals surface area contributed by atoms with E-state index in [1.807, 2.05) is 19.1 Å². The number of nitrogens with zero attached hydrogens (tertiary/aromatic N) is 1. The molecule has 2 aromatic carbocycles. The fourth-order valence-corrected chi connectivity index (χ4v) is 2.74. The number of nitrogens with one attached hydrogen (secondary N) is 2. The highest BCUT2D eigenvalue weighted by molar-refractivity contribution is 5.79. The number of hydrogen-bond acceptors (Lipinski definition) is 4. The predicted molar refractivity (Wildman–Crippen MR) is 109 cm³/mol. The SMILES string of the molecule is CCNC(=NCc1cc(OC)c(OC)cc1OC)NCCc1ccccc1F. The van der Waals surface area contributed by atoms with Gasteiger partial charge in [0.2, 0.25) is 0 Å². The molecule has 0 atom stereocenters. The molecular formula is C21H28FN3O3. The maximum atomic E-state index is 13.7. The van der Waals surface area contributed by atoms with Crippen molar-refractivity contribution in [2.24, 2.45) is 4.99 Å². The van der Waals surface area contributed by atoms with Crippen LogP contribution in [-0.2, 0) is 13.0 Å². The monoisotopic (exact) mass is 389 g/mol. The largest absolute Gasteiger partial charge is 0.496 e. The van der Waals surface area contributed by atoms with Gasteiger partial charge in [0.05, 0.1) is 27.9 Å². The molecule has 0 saturated heterocycles. The molecule has 2 rings (SSSR count). The molecule has 0 heterocycles. The number of hydrogen-bond donors (Lipinski definition) is 2. The second kappa shape index (κ2) is 11.0. The van der Waals surface area contributed by atoms with E-state index in [1.54, 1.807) is 39.5 Å². The summed E-state index contributed by atoms with van der Waals surface area (Å²) in [6, 6.07) is 10.4. The Hall–Kier alpha value is -2.96. The summed E-state index contributed by atoms with van der Waals surface area (Å²) in [7, 11) is 4.77. The normalized spacial score (nSPS) is 11.1. The minimum Gasteiger partial charge on any atom is -0.496 e. The summed E-state index contributed by atoms with van der Waals surface area (Å²) in [5.41, 5.74) is 1.54. The minimum atomic E-state index is -0.193. The van der Waals surface area contributed by atoms with Crippen molar-refractivity contribution in [3.63, 3.8) is 0 Å². The molecule has 0 fully saturated rings. The Morgan fingerprint density at radius 2 is 1.61 bits per heavy atom. The van der Waals surface area contributed by atoms with Crippen molar-refractivity contribution in [2.45, 2.75) is 19.9 Å². The molecule has 0 saturated carbocycles. The minimum absolute atomic E-state index is 0.193. The van der Waals surface area contributed by atoms with E-state index in [1.165, 1.54) is 6.07 Å². The third-order valence-electron chi connectivity index (χ3n) is 4.18. The molecule has 2 N–H and O–H groups in total. The molecule has 152 valence electrons.